The summed E-state index contributed by atoms with van der Waals surface area (Å²) in [7, 11) is 0. The van der Waals surface area contributed by atoms with Crippen molar-refractivity contribution in [2.45, 2.75) is 12.5 Å². The Labute approximate surface area is 75.3 Å². The van der Waals surface area contributed by atoms with Gasteiger partial charge in [0.25, 0.3) is 0 Å². The predicted octanol–water partition coefficient (Wildman–Crippen LogP) is 0.368. The minimum atomic E-state index is -0.995. The first-order chi connectivity index (χ1) is 5.74. The normalized spacial score (nSPS) is 29.8. The average Bonchev–Trinajstić information content (AvgIpc) is 2.04. The van der Waals surface area contributed by atoms with E-state index in [2.05, 4.69) is 5.32 Å². The van der Waals surface area contributed by atoms with E-state index in [-0.39, 0.29) is 18.6 Å². The SMILES string of the molecule is O=C(O)N[C@H]1CCSC[C@@H]1CO. The fraction of sp³-hybridized carbons (Fsp3) is 0.857. The number of carboxylic acid groups (broad SMARTS) is 1. The minimum Gasteiger partial charge on any atom is -0.465 e. The van der Waals surface area contributed by atoms with Crippen molar-refractivity contribution in [3.63, 3.8) is 0 Å². The zero-order valence-corrected chi connectivity index (χ0v) is 7.51. The Morgan fingerprint density at radius 1 is 1.67 bits per heavy atom. The molecule has 1 amide bonds. The summed E-state index contributed by atoms with van der Waals surface area (Å²) in [6, 6.07) is -0.0613. The van der Waals surface area contributed by atoms with Crippen molar-refractivity contribution in [1.82, 2.24) is 5.32 Å². The minimum absolute atomic E-state index is 0.0613. The molecular weight excluding hydrogens is 178 g/mol. The number of amides is 1. The number of aliphatic hydroxyl groups excluding tert-OH is 1. The second-order valence-corrected chi connectivity index (χ2v) is 4.01. The van der Waals surface area contributed by atoms with Crippen LogP contribution in [-0.4, -0.2) is 40.5 Å². The highest BCUT2D eigenvalue weighted by atomic mass is 32.2. The lowest BCUT2D eigenvalue weighted by Gasteiger charge is -2.29. The smallest absolute Gasteiger partial charge is 0.404 e. The molecule has 1 aliphatic rings. The Kier molecular flexibility index (Phi) is 3.68. The number of nitrogens with one attached hydrogen (secondary N) is 1. The zero-order valence-electron chi connectivity index (χ0n) is 6.69. The van der Waals surface area contributed by atoms with Gasteiger partial charge in [0.1, 0.15) is 0 Å². The molecule has 0 saturated carbocycles. The summed E-state index contributed by atoms with van der Waals surface area (Å²) < 4.78 is 0. The van der Waals surface area contributed by atoms with Crippen molar-refractivity contribution in [3.8, 4) is 0 Å². The number of carbonyl (C=O) groups is 1. The molecule has 0 aromatic rings. The number of rotatable bonds is 2. The molecule has 0 aromatic heterocycles. The van der Waals surface area contributed by atoms with Crippen molar-refractivity contribution < 1.29 is 15.0 Å². The molecule has 0 aliphatic carbocycles. The third kappa shape index (κ3) is 2.57. The van der Waals surface area contributed by atoms with Gasteiger partial charge in [0, 0.05) is 24.3 Å². The molecule has 1 aliphatic heterocycles. The number of aliphatic hydroxyl groups is 1. The van der Waals surface area contributed by atoms with Crippen LogP contribution in [0.25, 0.3) is 0 Å². The van der Waals surface area contributed by atoms with Crippen molar-refractivity contribution in [1.29, 1.82) is 0 Å². The maximum absolute atomic E-state index is 10.3. The molecule has 0 bridgehead atoms. The van der Waals surface area contributed by atoms with Gasteiger partial charge in [-0.15, -0.1) is 0 Å². The van der Waals surface area contributed by atoms with Crippen molar-refractivity contribution in [3.05, 3.63) is 0 Å². The fourth-order valence-electron chi connectivity index (χ4n) is 1.33. The topological polar surface area (TPSA) is 69.6 Å². The maximum Gasteiger partial charge on any atom is 0.404 e. The van der Waals surface area contributed by atoms with E-state index in [1.165, 1.54) is 0 Å². The van der Waals surface area contributed by atoms with Crippen LogP contribution in [0.1, 0.15) is 6.42 Å². The van der Waals surface area contributed by atoms with Gasteiger partial charge in [0.15, 0.2) is 0 Å². The first-order valence-corrected chi connectivity index (χ1v) is 5.07. The number of hydrogen-bond acceptors (Lipinski definition) is 3. The van der Waals surface area contributed by atoms with E-state index in [0.717, 1.165) is 17.9 Å². The lowest BCUT2D eigenvalue weighted by atomic mass is 10.0. The quantitative estimate of drug-likeness (QED) is 0.589. The van der Waals surface area contributed by atoms with Crippen molar-refractivity contribution in [2.75, 3.05) is 18.1 Å². The molecule has 1 heterocycles. The largest absolute Gasteiger partial charge is 0.465 e. The van der Waals surface area contributed by atoms with Gasteiger partial charge in [0.05, 0.1) is 0 Å². The van der Waals surface area contributed by atoms with E-state index in [1.807, 2.05) is 0 Å². The molecule has 1 rings (SSSR count). The predicted molar refractivity (Wildman–Crippen MR) is 47.5 cm³/mol. The van der Waals surface area contributed by atoms with Gasteiger partial charge >= 0.3 is 6.09 Å². The van der Waals surface area contributed by atoms with Gasteiger partial charge in [0.2, 0.25) is 0 Å². The Morgan fingerprint density at radius 2 is 2.42 bits per heavy atom. The van der Waals surface area contributed by atoms with Crippen LogP contribution >= 0.6 is 11.8 Å². The molecule has 0 spiro atoms. The van der Waals surface area contributed by atoms with Crippen LogP contribution in [0.5, 0.6) is 0 Å². The lowest BCUT2D eigenvalue weighted by Crippen LogP contribution is -2.44. The lowest BCUT2D eigenvalue weighted by molar-refractivity contribution is 0.168. The monoisotopic (exact) mass is 191 g/mol. The van der Waals surface area contributed by atoms with Gasteiger partial charge in [-0.05, 0) is 12.2 Å². The Bertz CT molecular complexity index is 165. The van der Waals surface area contributed by atoms with Crippen LogP contribution in [-0.2, 0) is 0 Å². The van der Waals surface area contributed by atoms with Crippen LogP contribution in [0.2, 0.25) is 0 Å². The highest BCUT2D eigenvalue weighted by Gasteiger charge is 2.25. The zero-order chi connectivity index (χ0) is 8.97. The van der Waals surface area contributed by atoms with E-state index in [9.17, 15) is 4.79 Å². The van der Waals surface area contributed by atoms with Crippen LogP contribution in [0.15, 0.2) is 0 Å². The number of hydrogen-bond donors (Lipinski definition) is 3. The third-order valence-corrected chi connectivity index (χ3v) is 3.21. The molecule has 70 valence electrons. The van der Waals surface area contributed by atoms with Gasteiger partial charge < -0.3 is 15.5 Å². The Balaban J connectivity index is 2.41. The maximum atomic E-state index is 10.3. The van der Waals surface area contributed by atoms with Crippen LogP contribution in [0.3, 0.4) is 0 Å². The molecule has 12 heavy (non-hydrogen) atoms. The average molecular weight is 191 g/mol. The summed E-state index contributed by atoms with van der Waals surface area (Å²) >= 11 is 1.77. The molecule has 1 fully saturated rings. The molecule has 0 aromatic carbocycles. The Hall–Kier alpha value is -0.420. The van der Waals surface area contributed by atoms with Crippen LogP contribution in [0, 0.1) is 5.92 Å². The standard InChI is InChI=1S/C7H13NO3S/c9-3-5-4-12-2-1-6(5)8-7(10)11/h5-6,8-9H,1-4H2,(H,10,11)/t5-,6-/m0/s1. The summed E-state index contributed by atoms with van der Waals surface area (Å²) in [5, 5.41) is 19.8. The molecule has 3 N–H and O–H groups in total. The molecule has 4 nitrogen and oxygen atoms in total. The van der Waals surface area contributed by atoms with Gasteiger partial charge in [-0.25, -0.2) is 4.79 Å². The van der Waals surface area contributed by atoms with E-state index >= 15 is 0 Å². The first kappa shape index (κ1) is 9.67. The third-order valence-electron chi connectivity index (χ3n) is 2.02. The molecule has 2 atom stereocenters. The van der Waals surface area contributed by atoms with Crippen LogP contribution in [0.4, 0.5) is 4.79 Å². The summed E-state index contributed by atoms with van der Waals surface area (Å²) in [4.78, 5) is 10.3. The van der Waals surface area contributed by atoms with Crippen molar-refractivity contribution in [2.24, 2.45) is 5.92 Å². The second kappa shape index (κ2) is 4.57. The number of thioether (sulfide) groups is 1. The van der Waals surface area contributed by atoms with Gasteiger partial charge in [-0.3, -0.25) is 0 Å². The summed E-state index contributed by atoms with van der Waals surface area (Å²) in [6.45, 7) is 0.0674. The molecule has 5 heteroatoms. The van der Waals surface area contributed by atoms with Crippen molar-refractivity contribution >= 4 is 17.9 Å². The summed E-state index contributed by atoms with van der Waals surface area (Å²) in [6.07, 6.45) is -0.173. The second-order valence-electron chi connectivity index (χ2n) is 2.86. The van der Waals surface area contributed by atoms with E-state index in [4.69, 9.17) is 10.2 Å². The van der Waals surface area contributed by atoms with Gasteiger partial charge in [-0.2, -0.15) is 11.8 Å². The van der Waals surface area contributed by atoms with E-state index in [1.54, 1.807) is 11.8 Å². The fourth-order valence-corrected chi connectivity index (χ4v) is 2.55. The van der Waals surface area contributed by atoms with Gasteiger partial charge in [-0.1, -0.05) is 0 Å². The highest BCUT2D eigenvalue weighted by Crippen LogP contribution is 2.22. The molecular formula is C7H13NO3S. The van der Waals surface area contributed by atoms with E-state index in [0.29, 0.717) is 0 Å². The molecule has 0 radical (unpaired) electrons. The van der Waals surface area contributed by atoms with Crippen LogP contribution < -0.4 is 5.32 Å². The summed E-state index contributed by atoms with van der Waals surface area (Å²) in [5.74, 6) is 1.91. The van der Waals surface area contributed by atoms with E-state index < -0.39 is 6.09 Å². The first-order valence-electron chi connectivity index (χ1n) is 3.92. The summed E-state index contributed by atoms with van der Waals surface area (Å²) in [5.41, 5.74) is 0. The molecule has 1 saturated heterocycles. The highest BCUT2D eigenvalue weighted by molar-refractivity contribution is 7.99. The molecule has 0 unspecified atom stereocenters. The Morgan fingerprint density at radius 3 is 3.00 bits per heavy atom.